The number of rotatable bonds is 3. The zero-order valence-corrected chi connectivity index (χ0v) is 14.9. The number of hydrogen-bond donors (Lipinski definition) is 1. The molecule has 0 amide bonds. The van der Waals surface area contributed by atoms with Gasteiger partial charge in [0.25, 0.3) is 10.0 Å². The molecule has 0 bridgehead atoms. The number of nitrogens with one attached hydrogen (secondary N) is 1. The van der Waals surface area contributed by atoms with Crippen LogP contribution in [0.3, 0.4) is 0 Å². The molecule has 0 spiro atoms. The molecule has 0 saturated heterocycles. The second-order valence-corrected chi connectivity index (χ2v) is 8.37. The van der Waals surface area contributed by atoms with Crippen LogP contribution in [0, 0.1) is 0 Å². The summed E-state index contributed by atoms with van der Waals surface area (Å²) in [7, 11) is -3.63. The van der Waals surface area contributed by atoms with Gasteiger partial charge in [0.15, 0.2) is 0 Å². The Bertz CT molecular complexity index is 821. The smallest absolute Gasteiger partial charge is 0.261 e. The Morgan fingerprint density at radius 1 is 1.00 bits per heavy atom. The average molecular weight is 401 g/mol. The number of anilines is 1. The van der Waals surface area contributed by atoms with Gasteiger partial charge < -0.3 is 0 Å². The Hall–Kier alpha value is -1.04. The summed E-state index contributed by atoms with van der Waals surface area (Å²) in [6, 6.07) is 10.4. The lowest BCUT2D eigenvalue weighted by Crippen LogP contribution is -2.14. The van der Waals surface area contributed by atoms with E-state index in [9.17, 15) is 8.42 Å². The summed E-state index contributed by atoms with van der Waals surface area (Å²) < 4.78 is 28.4. The van der Waals surface area contributed by atoms with Crippen LogP contribution >= 0.6 is 27.5 Å². The fourth-order valence-electron chi connectivity index (χ4n) is 2.65. The maximum absolute atomic E-state index is 12.5. The van der Waals surface area contributed by atoms with Crippen molar-refractivity contribution in [2.24, 2.45) is 0 Å². The molecule has 1 aliphatic rings. The second-order valence-electron chi connectivity index (χ2n) is 5.37. The highest BCUT2D eigenvalue weighted by molar-refractivity contribution is 9.10. The summed E-state index contributed by atoms with van der Waals surface area (Å²) in [5.74, 6) is 0. The summed E-state index contributed by atoms with van der Waals surface area (Å²) in [5.41, 5.74) is 2.77. The molecule has 0 fully saturated rings. The molecule has 0 radical (unpaired) electrons. The van der Waals surface area contributed by atoms with Crippen molar-refractivity contribution in [2.75, 3.05) is 4.72 Å². The van der Waals surface area contributed by atoms with Gasteiger partial charge in [0.2, 0.25) is 0 Å². The van der Waals surface area contributed by atoms with Crippen molar-refractivity contribution >= 4 is 43.2 Å². The van der Waals surface area contributed by atoms with Crippen LogP contribution in [0.2, 0.25) is 5.02 Å². The summed E-state index contributed by atoms with van der Waals surface area (Å²) in [6.45, 7) is 0. The van der Waals surface area contributed by atoms with Gasteiger partial charge in [-0.25, -0.2) is 8.42 Å². The van der Waals surface area contributed by atoms with Gasteiger partial charge in [0.05, 0.1) is 15.6 Å². The van der Waals surface area contributed by atoms with E-state index in [2.05, 4.69) is 20.7 Å². The van der Waals surface area contributed by atoms with Crippen LogP contribution in [-0.2, 0) is 22.9 Å². The van der Waals surface area contributed by atoms with Crippen molar-refractivity contribution in [2.45, 2.75) is 30.6 Å². The number of hydrogen-bond acceptors (Lipinski definition) is 2. The van der Waals surface area contributed by atoms with Crippen LogP contribution in [0.15, 0.2) is 45.8 Å². The molecule has 0 atom stereocenters. The molecule has 1 aliphatic carbocycles. The molecule has 0 saturated carbocycles. The molecule has 0 aromatic heterocycles. The van der Waals surface area contributed by atoms with Gasteiger partial charge in [-0.15, -0.1) is 0 Å². The first-order valence-corrected chi connectivity index (χ1v) is 9.71. The Morgan fingerprint density at radius 2 is 1.73 bits per heavy atom. The molecule has 1 N–H and O–H groups in total. The number of benzene rings is 2. The van der Waals surface area contributed by atoms with Crippen LogP contribution < -0.4 is 4.72 Å². The molecule has 0 unspecified atom stereocenters. The zero-order valence-electron chi connectivity index (χ0n) is 11.8. The van der Waals surface area contributed by atoms with Crippen molar-refractivity contribution < 1.29 is 8.42 Å². The van der Waals surface area contributed by atoms with E-state index in [0.29, 0.717) is 10.7 Å². The first-order chi connectivity index (χ1) is 10.5. The molecule has 116 valence electrons. The van der Waals surface area contributed by atoms with E-state index in [1.165, 1.54) is 12.0 Å². The molecule has 0 aliphatic heterocycles. The van der Waals surface area contributed by atoms with E-state index in [-0.39, 0.29) is 4.90 Å². The topological polar surface area (TPSA) is 46.2 Å². The monoisotopic (exact) mass is 399 g/mol. The molecule has 22 heavy (non-hydrogen) atoms. The maximum Gasteiger partial charge on any atom is 0.261 e. The molecular weight excluding hydrogens is 386 g/mol. The molecule has 3 rings (SSSR count). The molecular formula is C16H15BrClNO2S. The molecule has 6 heteroatoms. The number of aryl methyl sites for hydroxylation is 2. The van der Waals surface area contributed by atoms with Crippen molar-refractivity contribution in [1.29, 1.82) is 0 Å². The summed E-state index contributed by atoms with van der Waals surface area (Å²) in [6.07, 6.45) is 4.26. The predicted octanol–water partition coefficient (Wildman–Crippen LogP) is 4.78. The fraction of sp³-hybridized carbons (Fsp3) is 0.250. The van der Waals surface area contributed by atoms with E-state index in [4.69, 9.17) is 11.6 Å². The lowest BCUT2D eigenvalue weighted by Gasteiger charge is -2.17. The molecule has 3 nitrogen and oxygen atoms in total. The Kier molecular flexibility index (Phi) is 4.48. The third-order valence-electron chi connectivity index (χ3n) is 3.81. The normalized spacial score (nSPS) is 14.5. The number of halogens is 2. The molecule has 0 heterocycles. The summed E-state index contributed by atoms with van der Waals surface area (Å²) in [5, 5.41) is 0.357. The van der Waals surface area contributed by atoms with Crippen LogP contribution in [-0.4, -0.2) is 8.42 Å². The van der Waals surface area contributed by atoms with Crippen molar-refractivity contribution in [3.05, 3.63) is 57.0 Å². The minimum atomic E-state index is -3.63. The highest BCUT2D eigenvalue weighted by Crippen LogP contribution is 2.29. The van der Waals surface area contributed by atoms with Crippen LogP contribution in [0.5, 0.6) is 0 Å². The Balaban J connectivity index is 1.92. The van der Waals surface area contributed by atoms with E-state index >= 15 is 0 Å². The Labute approximate surface area is 143 Å². The first kappa shape index (κ1) is 15.8. The highest BCUT2D eigenvalue weighted by Gasteiger charge is 2.18. The predicted molar refractivity (Wildman–Crippen MR) is 93.0 cm³/mol. The highest BCUT2D eigenvalue weighted by atomic mass is 79.9. The fourth-order valence-corrected chi connectivity index (χ4v) is 4.56. The zero-order chi connectivity index (χ0) is 15.7. The van der Waals surface area contributed by atoms with E-state index < -0.39 is 10.0 Å². The van der Waals surface area contributed by atoms with Gasteiger partial charge in [-0.05, 0) is 67.1 Å². The standard InChI is InChI=1S/C16H15BrClNO2S/c17-13-6-8-16(15(18)10-13)19-22(20,21)14-7-5-11-3-1-2-4-12(11)9-14/h5-10,19H,1-4H2. The van der Waals surface area contributed by atoms with Crippen LogP contribution in [0.1, 0.15) is 24.0 Å². The van der Waals surface area contributed by atoms with Gasteiger partial charge >= 0.3 is 0 Å². The lowest BCUT2D eigenvalue weighted by atomic mass is 9.92. The van der Waals surface area contributed by atoms with Gasteiger partial charge in [-0.1, -0.05) is 33.6 Å². The number of sulfonamides is 1. The van der Waals surface area contributed by atoms with Crippen molar-refractivity contribution in [3.8, 4) is 0 Å². The lowest BCUT2D eigenvalue weighted by molar-refractivity contribution is 0.600. The Morgan fingerprint density at radius 3 is 2.45 bits per heavy atom. The van der Waals surface area contributed by atoms with Gasteiger partial charge in [-0.3, -0.25) is 4.72 Å². The first-order valence-electron chi connectivity index (χ1n) is 7.05. The van der Waals surface area contributed by atoms with Gasteiger partial charge in [0.1, 0.15) is 0 Å². The summed E-state index contributed by atoms with van der Waals surface area (Å²) in [4.78, 5) is 0.284. The maximum atomic E-state index is 12.5. The minimum Gasteiger partial charge on any atom is -0.278 e. The van der Waals surface area contributed by atoms with Gasteiger partial charge in [-0.2, -0.15) is 0 Å². The van der Waals surface area contributed by atoms with Crippen molar-refractivity contribution in [1.82, 2.24) is 0 Å². The third-order valence-corrected chi connectivity index (χ3v) is 5.97. The second kappa shape index (κ2) is 6.22. The quantitative estimate of drug-likeness (QED) is 0.805. The van der Waals surface area contributed by atoms with Crippen LogP contribution in [0.25, 0.3) is 0 Å². The van der Waals surface area contributed by atoms with Crippen molar-refractivity contribution in [3.63, 3.8) is 0 Å². The SMILES string of the molecule is O=S(=O)(Nc1ccc(Br)cc1Cl)c1ccc2c(c1)CCCC2. The molecule has 2 aromatic rings. The largest absolute Gasteiger partial charge is 0.278 e. The van der Waals surface area contributed by atoms with Gasteiger partial charge in [0, 0.05) is 4.47 Å². The molecule has 2 aromatic carbocycles. The van der Waals surface area contributed by atoms with E-state index in [1.54, 1.807) is 30.3 Å². The number of fused-ring (bicyclic) bond motifs is 1. The van der Waals surface area contributed by atoms with E-state index in [0.717, 1.165) is 29.3 Å². The third kappa shape index (κ3) is 3.31. The minimum absolute atomic E-state index is 0.284. The van der Waals surface area contributed by atoms with E-state index in [1.807, 2.05) is 6.07 Å². The summed E-state index contributed by atoms with van der Waals surface area (Å²) >= 11 is 9.38. The van der Waals surface area contributed by atoms with Crippen LogP contribution in [0.4, 0.5) is 5.69 Å². The average Bonchev–Trinajstić information content (AvgIpc) is 2.49.